The number of carbonyl (C=O) groups excluding carboxylic acids is 1. The molecule has 1 aromatic carbocycles. The molecule has 0 aliphatic heterocycles. The average molecular weight is 367 g/mol. The van der Waals surface area contributed by atoms with Crippen LogP contribution in [0.25, 0.3) is 11.0 Å². The van der Waals surface area contributed by atoms with Gasteiger partial charge in [0.05, 0.1) is 17.2 Å². The Kier molecular flexibility index (Phi) is 5.94. The molecular formula is C21H29N5O. The van der Waals surface area contributed by atoms with E-state index in [4.69, 9.17) is 4.98 Å². The van der Waals surface area contributed by atoms with Crippen LogP contribution in [0.5, 0.6) is 0 Å². The molecule has 3 aromatic rings. The molecule has 144 valence electrons. The quantitative estimate of drug-likeness (QED) is 0.608. The highest BCUT2D eigenvalue weighted by Crippen LogP contribution is 2.26. The minimum absolute atomic E-state index is 0.113. The Morgan fingerprint density at radius 2 is 2.00 bits per heavy atom. The molecule has 0 saturated heterocycles. The third kappa shape index (κ3) is 3.89. The maximum atomic E-state index is 13.3. The first-order chi connectivity index (χ1) is 13.1. The lowest BCUT2D eigenvalue weighted by atomic mass is 10.1. The molecule has 6 nitrogen and oxygen atoms in total. The second kappa shape index (κ2) is 8.37. The highest BCUT2D eigenvalue weighted by molar-refractivity contribution is 5.84. The van der Waals surface area contributed by atoms with Crippen LogP contribution in [0.3, 0.4) is 0 Å². The zero-order valence-electron chi connectivity index (χ0n) is 16.7. The molecule has 0 bridgehead atoms. The summed E-state index contributed by atoms with van der Waals surface area (Å²) >= 11 is 0. The van der Waals surface area contributed by atoms with Crippen LogP contribution in [0.15, 0.2) is 36.7 Å². The molecule has 0 aliphatic carbocycles. The highest BCUT2D eigenvalue weighted by atomic mass is 16.2. The summed E-state index contributed by atoms with van der Waals surface area (Å²) in [4.78, 5) is 19.9. The van der Waals surface area contributed by atoms with Gasteiger partial charge in [-0.05, 0) is 31.9 Å². The van der Waals surface area contributed by atoms with Crippen molar-refractivity contribution in [2.45, 2.75) is 59.2 Å². The summed E-state index contributed by atoms with van der Waals surface area (Å²) in [5, 5.41) is 4.30. The Balaban J connectivity index is 1.90. The minimum Gasteiger partial charge on any atom is -0.340 e. The van der Waals surface area contributed by atoms with Gasteiger partial charge < -0.3 is 9.47 Å². The van der Waals surface area contributed by atoms with E-state index in [0.29, 0.717) is 6.54 Å². The second-order valence-corrected chi connectivity index (χ2v) is 6.96. The van der Waals surface area contributed by atoms with Crippen molar-refractivity contribution >= 4 is 16.9 Å². The molecule has 3 rings (SSSR count). The van der Waals surface area contributed by atoms with Gasteiger partial charge in [0.25, 0.3) is 0 Å². The Morgan fingerprint density at radius 1 is 1.22 bits per heavy atom. The number of hydrogen-bond acceptors (Lipinski definition) is 3. The molecule has 0 spiro atoms. The van der Waals surface area contributed by atoms with Crippen molar-refractivity contribution in [1.82, 2.24) is 24.2 Å². The van der Waals surface area contributed by atoms with E-state index in [1.807, 2.05) is 42.3 Å². The van der Waals surface area contributed by atoms with Gasteiger partial charge in [-0.2, -0.15) is 5.10 Å². The number of amides is 1. The first-order valence-corrected chi connectivity index (χ1v) is 9.81. The average Bonchev–Trinajstić information content (AvgIpc) is 3.27. The van der Waals surface area contributed by atoms with Crippen LogP contribution in [-0.2, 0) is 24.3 Å². The molecule has 6 heteroatoms. The van der Waals surface area contributed by atoms with E-state index in [2.05, 4.69) is 36.5 Å². The molecule has 0 aliphatic rings. The Morgan fingerprint density at radius 3 is 2.67 bits per heavy atom. The number of imidazole rings is 1. The standard InChI is InChI=1S/C21H29N5O/c1-5-10-20-23-17-11-8-9-12-19(17)26(20)18(6-2)21(27)24(4)14-16-13-22-25(7-3)15-16/h8-9,11-13,15,18H,5-7,10,14H2,1-4H3/t18-/m1/s1. The largest absolute Gasteiger partial charge is 0.340 e. The summed E-state index contributed by atoms with van der Waals surface area (Å²) in [5.41, 5.74) is 3.04. The summed E-state index contributed by atoms with van der Waals surface area (Å²) < 4.78 is 4.03. The monoisotopic (exact) mass is 367 g/mol. The van der Waals surface area contributed by atoms with Crippen LogP contribution >= 0.6 is 0 Å². The van der Waals surface area contributed by atoms with Crippen LogP contribution in [0.4, 0.5) is 0 Å². The smallest absolute Gasteiger partial charge is 0.245 e. The highest BCUT2D eigenvalue weighted by Gasteiger charge is 2.26. The van der Waals surface area contributed by atoms with Crippen molar-refractivity contribution in [3.05, 3.63) is 48.0 Å². The van der Waals surface area contributed by atoms with Gasteiger partial charge in [0.2, 0.25) is 5.91 Å². The molecule has 1 amide bonds. The van der Waals surface area contributed by atoms with Crippen LogP contribution in [0.1, 0.15) is 51.0 Å². The topological polar surface area (TPSA) is 56.0 Å². The van der Waals surface area contributed by atoms with Crippen LogP contribution < -0.4 is 0 Å². The number of aryl methyl sites for hydroxylation is 2. The number of likely N-dealkylation sites (N-methyl/N-ethyl adjacent to an activating group) is 1. The zero-order chi connectivity index (χ0) is 19.4. The predicted molar refractivity (Wildman–Crippen MR) is 107 cm³/mol. The second-order valence-electron chi connectivity index (χ2n) is 6.96. The normalized spacial score (nSPS) is 12.4. The van der Waals surface area contributed by atoms with Crippen molar-refractivity contribution < 1.29 is 4.79 Å². The molecule has 0 unspecified atom stereocenters. The van der Waals surface area contributed by atoms with E-state index >= 15 is 0 Å². The Bertz CT molecular complexity index is 910. The van der Waals surface area contributed by atoms with E-state index in [-0.39, 0.29) is 11.9 Å². The maximum Gasteiger partial charge on any atom is 0.245 e. The van der Waals surface area contributed by atoms with Crippen molar-refractivity contribution in [3.8, 4) is 0 Å². The van der Waals surface area contributed by atoms with Crippen LogP contribution in [-0.4, -0.2) is 37.2 Å². The lowest BCUT2D eigenvalue weighted by Gasteiger charge is -2.25. The molecular weight excluding hydrogens is 338 g/mol. The van der Waals surface area contributed by atoms with Crippen molar-refractivity contribution in [3.63, 3.8) is 0 Å². The van der Waals surface area contributed by atoms with E-state index in [1.54, 1.807) is 4.90 Å². The first-order valence-electron chi connectivity index (χ1n) is 9.81. The third-order valence-corrected chi connectivity index (χ3v) is 4.93. The van der Waals surface area contributed by atoms with Crippen molar-refractivity contribution in [1.29, 1.82) is 0 Å². The SMILES string of the molecule is CCCc1nc2ccccc2n1[C@H](CC)C(=O)N(C)Cc1cnn(CC)c1. The van der Waals surface area contributed by atoms with Crippen LogP contribution in [0.2, 0.25) is 0 Å². The molecule has 2 aromatic heterocycles. The summed E-state index contributed by atoms with van der Waals surface area (Å²) in [6.45, 7) is 7.65. The number of aromatic nitrogens is 4. The Hall–Kier alpha value is -2.63. The van der Waals surface area contributed by atoms with E-state index in [9.17, 15) is 4.79 Å². The number of fused-ring (bicyclic) bond motifs is 1. The summed E-state index contributed by atoms with van der Waals surface area (Å²) in [7, 11) is 1.87. The Labute approximate surface area is 160 Å². The van der Waals surface area contributed by atoms with E-state index in [1.165, 1.54) is 0 Å². The van der Waals surface area contributed by atoms with Crippen molar-refractivity contribution in [2.24, 2.45) is 0 Å². The zero-order valence-corrected chi connectivity index (χ0v) is 16.7. The van der Waals surface area contributed by atoms with Crippen LogP contribution in [0, 0.1) is 0 Å². The van der Waals surface area contributed by atoms with Gasteiger partial charge in [-0.25, -0.2) is 4.98 Å². The lowest BCUT2D eigenvalue weighted by molar-refractivity contribution is -0.134. The molecule has 0 radical (unpaired) electrons. The number of para-hydroxylation sites is 2. The summed E-state index contributed by atoms with van der Waals surface area (Å²) in [6.07, 6.45) is 6.43. The first kappa shape index (κ1) is 19.1. The fraction of sp³-hybridized carbons (Fsp3) is 0.476. The molecule has 0 fully saturated rings. The number of rotatable bonds is 8. The molecule has 2 heterocycles. The number of carbonyl (C=O) groups is 1. The van der Waals surface area contributed by atoms with Gasteiger partial charge in [0.1, 0.15) is 11.9 Å². The van der Waals surface area contributed by atoms with Gasteiger partial charge in [-0.15, -0.1) is 0 Å². The lowest BCUT2D eigenvalue weighted by Crippen LogP contribution is -2.34. The van der Waals surface area contributed by atoms with E-state index < -0.39 is 0 Å². The molecule has 0 N–H and O–H groups in total. The fourth-order valence-electron chi connectivity index (χ4n) is 3.58. The predicted octanol–water partition coefficient (Wildman–Crippen LogP) is 3.81. The van der Waals surface area contributed by atoms with Gasteiger partial charge in [0, 0.05) is 38.3 Å². The number of benzene rings is 1. The molecule has 0 saturated carbocycles. The third-order valence-electron chi connectivity index (χ3n) is 4.93. The molecule has 1 atom stereocenters. The van der Waals surface area contributed by atoms with Gasteiger partial charge in [0.15, 0.2) is 0 Å². The maximum absolute atomic E-state index is 13.3. The summed E-state index contributed by atoms with van der Waals surface area (Å²) in [5.74, 6) is 1.10. The van der Waals surface area contributed by atoms with Crippen molar-refractivity contribution in [2.75, 3.05) is 7.05 Å². The number of nitrogens with zero attached hydrogens (tertiary/aromatic N) is 5. The minimum atomic E-state index is -0.245. The van der Waals surface area contributed by atoms with Gasteiger partial charge in [-0.1, -0.05) is 26.0 Å². The van der Waals surface area contributed by atoms with E-state index in [0.717, 1.165) is 48.2 Å². The summed E-state index contributed by atoms with van der Waals surface area (Å²) in [6, 6.07) is 7.84. The number of hydrogen-bond donors (Lipinski definition) is 0. The molecule has 27 heavy (non-hydrogen) atoms. The fourth-order valence-corrected chi connectivity index (χ4v) is 3.58. The van der Waals surface area contributed by atoms with Gasteiger partial charge >= 0.3 is 0 Å². The van der Waals surface area contributed by atoms with Gasteiger partial charge in [-0.3, -0.25) is 9.48 Å².